The smallest absolute Gasteiger partial charge is 0.0175 e. The molecule has 0 spiro atoms. The van der Waals surface area contributed by atoms with Crippen LogP contribution in [-0.2, 0) is 0 Å². The van der Waals surface area contributed by atoms with Gasteiger partial charge in [0.15, 0.2) is 0 Å². The van der Waals surface area contributed by atoms with E-state index in [0.29, 0.717) is 22.7 Å². The van der Waals surface area contributed by atoms with Crippen LogP contribution < -0.4 is 4.72 Å². The van der Waals surface area contributed by atoms with E-state index >= 15 is 0 Å². The molecule has 1 N–H and O–H groups in total. The molecule has 0 fully saturated rings. The predicted molar refractivity (Wildman–Crippen MR) is 174 cm³/mol. The first-order chi connectivity index (χ1) is 16.0. The molecule has 0 aromatic heterocycles. The van der Waals surface area contributed by atoms with Crippen LogP contribution >= 0.6 is 20.5 Å². The number of nitrogens with one attached hydrogen (secondary N) is 1. The molecule has 0 aliphatic carbocycles. The Morgan fingerprint density at radius 3 is 1.72 bits per heavy atom. The molecule has 214 valence electrons. The van der Waals surface area contributed by atoms with Crippen LogP contribution in [0.4, 0.5) is 0 Å². The number of hydrogen-bond acceptors (Lipinski definition) is 2. The largest absolute Gasteiger partial charge is 0.334 e. The molecule has 1 nitrogen and oxygen atoms in total. The molecule has 0 bridgehead atoms. The Hall–Kier alpha value is 0.0600. The van der Waals surface area contributed by atoms with E-state index in [9.17, 15) is 0 Å². The molecular formula is C33H66NPS. The third-order valence-electron chi connectivity index (χ3n) is 8.13. The molecule has 0 aromatic rings. The van der Waals surface area contributed by atoms with E-state index in [2.05, 4.69) is 121 Å². The van der Waals surface area contributed by atoms with E-state index in [1.807, 2.05) is 0 Å². The van der Waals surface area contributed by atoms with Crippen molar-refractivity contribution in [1.82, 2.24) is 4.72 Å². The lowest BCUT2D eigenvalue weighted by Crippen LogP contribution is -2.40. The first kappa shape index (κ1) is 36.1. The SMILES string of the molecule is C=C(C)CC(CC(C)(C)CC(C)(C)CC(C)PC)C(C)(C)CC(C)(C)C(CC(C)(C)C)C(=C)NSC. The average molecular weight is 540 g/mol. The zero-order valence-electron chi connectivity index (χ0n) is 27.3. The van der Waals surface area contributed by atoms with Crippen LogP contribution in [0.3, 0.4) is 0 Å². The predicted octanol–water partition coefficient (Wildman–Crippen LogP) is 11.4. The molecule has 0 saturated heterocycles. The fourth-order valence-corrected chi connectivity index (χ4v) is 8.37. The van der Waals surface area contributed by atoms with Gasteiger partial charge < -0.3 is 4.72 Å². The summed E-state index contributed by atoms with van der Waals surface area (Å²) in [5.74, 6) is 1.04. The lowest BCUT2D eigenvalue weighted by atomic mass is 9.57. The van der Waals surface area contributed by atoms with Gasteiger partial charge in [0.25, 0.3) is 0 Å². The Bertz CT molecular complexity index is 695. The van der Waals surface area contributed by atoms with Crippen molar-refractivity contribution in [2.75, 3.05) is 12.9 Å². The van der Waals surface area contributed by atoms with Gasteiger partial charge in [-0.05, 0) is 90.8 Å². The van der Waals surface area contributed by atoms with Gasteiger partial charge in [-0.2, -0.15) is 0 Å². The summed E-state index contributed by atoms with van der Waals surface area (Å²) in [5, 5.41) is 0. The van der Waals surface area contributed by atoms with E-state index in [-0.39, 0.29) is 16.2 Å². The first-order valence-corrected chi connectivity index (χ1v) is 17.1. The van der Waals surface area contributed by atoms with Crippen LogP contribution in [0.25, 0.3) is 0 Å². The monoisotopic (exact) mass is 539 g/mol. The zero-order chi connectivity index (χ0) is 28.8. The Labute approximate surface area is 235 Å². The van der Waals surface area contributed by atoms with Crippen LogP contribution in [0.1, 0.15) is 129 Å². The third kappa shape index (κ3) is 13.7. The first-order valence-electron chi connectivity index (χ1n) is 14.3. The standard InChI is InChI=1S/C33H66NPS/c1-24(2)18-27(20-31(10,11)22-30(8,9)19-25(3)35-16)32(12,13)23-33(14,15)28(21-29(5,6)7)26(4)34-36-17/h25,27-28,34-35H,1,4,18-23H2,2-3,5-17H3. The Balaban J connectivity index is 6.00. The van der Waals surface area contributed by atoms with Crippen LogP contribution in [0, 0.1) is 38.9 Å². The summed E-state index contributed by atoms with van der Waals surface area (Å²) in [6.45, 7) is 43.0. The van der Waals surface area contributed by atoms with Crippen molar-refractivity contribution in [3.8, 4) is 0 Å². The second-order valence-corrected chi connectivity index (χ2v) is 18.4. The fraction of sp³-hybridized carbons (Fsp3) is 0.879. The summed E-state index contributed by atoms with van der Waals surface area (Å²) in [6.07, 6.45) is 9.40. The Morgan fingerprint density at radius 2 is 1.31 bits per heavy atom. The highest BCUT2D eigenvalue weighted by Gasteiger charge is 2.43. The maximum Gasteiger partial charge on any atom is 0.0175 e. The quantitative estimate of drug-likeness (QED) is 0.112. The highest BCUT2D eigenvalue weighted by atomic mass is 32.2. The minimum atomic E-state index is 0.144. The normalized spacial score (nSPS) is 16.8. The van der Waals surface area contributed by atoms with Crippen molar-refractivity contribution < 1.29 is 0 Å². The lowest BCUT2D eigenvalue weighted by Gasteiger charge is -2.48. The van der Waals surface area contributed by atoms with Crippen molar-refractivity contribution >= 4 is 20.5 Å². The van der Waals surface area contributed by atoms with Gasteiger partial charge in [0.05, 0.1) is 0 Å². The summed E-state index contributed by atoms with van der Waals surface area (Å²) in [6, 6.07) is 0. The second-order valence-electron chi connectivity index (χ2n) is 16.3. The molecule has 36 heavy (non-hydrogen) atoms. The van der Waals surface area contributed by atoms with Crippen LogP contribution in [0.2, 0.25) is 0 Å². The second kappa shape index (κ2) is 13.9. The van der Waals surface area contributed by atoms with Crippen LogP contribution in [0.15, 0.2) is 24.4 Å². The summed E-state index contributed by atoms with van der Waals surface area (Å²) in [7, 11) is 1.03. The Morgan fingerprint density at radius 1 is 0.806 bits per heavy atom. The van der Waals surface area contributed by atoms with Gasteiger partial charge in [0.1, 0.15) is 0 Å². The molecule has 3 heteroatoms. The third-order valence-corrected chi connectivity index (χ3v) is 9.79. The van der Waals surface area contributed by atoms with Gasteiger partial charge in [-0.3, -0.25) is 0 Å². The van der Waals surface area contributed by atoms with E-state index in [1.165, 1.54) is 37.0 Å². The van der Waals surface area contributed by atoms with E-state index in [0.717, 1.165) is 27.1 Å². The molecule has 4 atom stereocenters. The van der Waals surface area contributed by atoms with Crippen LogP contribution in [0.5, 0.6) is 0 Å². The highest BCUT2D eigenvalue weighted by molar-refractivity contribution is 7.96. The van der Waals surface area contributed by atoms with E-state index in [1.54, 1.807) is 11.9 Å². The molecular weight excluding hydrogens is 473 g/mol. The topological polar surface area (TPSA) is 12.0 Å². The van der Waals surface area contributed by atoms with Crippen molar-refractivity contribution in [1.29, 1.82) is 0 Å². The highest BCUT2D eigenvalue weighted by Crippen LogP contribution is 2.53. The molecule has 0 rings (SSSR count). The molecule has 0 heterocycles. The minimum Gasteiger partial charge on any atom is -0.334 e. The van der Waals surface area contributed by atoms with Gasteiger partial charge in [-0.15, -0.1) is 15.2 Å². The van der Waals surface area contributed by atoms with Crippen molar-refractivity contribution in [2.45, 2.75) is 134 Å². The average Bonchev–Trinajstić information content (AvgIpc) is 2.62. The van der Waals surface area contributed by atoms with Crippen molar-refractivity contribution in [3.05, 3.63) is 24.4 Å². The summed E-state index contributed by atoms with van der Waals surface area (Å²) in [4.78, 5) is 0. The van der Waals surface area contributed by atoms with Crippen molar-refractivity contribution in [3.63, 3.8) is 0 Å². The molecule has 0 aromatic carbocycles. The van der Waals surface area contributed by atoms with E-state index in [4.69, 9.17) is 0 Å². The Kier molecular flexibility index (Phi) is 13.9. The molecule has 0 aliphatic rings. The van der Waals surface area contributed by atoms with Crippen molar-refractivity contribution in [2.24, 2.45) is 38.9 Å². The summed E-state index contributed by atoms with van der Waals surface area (Å²) >= 11 is 1.67. The maximum absolute atomic E-state index is 4.50. The number of hydrogen-bond donors (Lipinski definition) is 1. The minimum absolute atomic E-state index is 0.144. The van der Waals surface area contributed by atoms with Gasteiger partial charge >= 0.3 is 0 Å². The zero-order valence-corrected chi connectivity index (χ0v) is 29.1. The molecule has 0 saturated carbocycles. The number of allylic oxidation sites excluding steroid dienone is 2. The summed E-state index contributed by atoms with van der Waals surface area (Å²) in [5.41, 5.74) is 4.61. The van der Waals surface area contributed by atoms with Crippen LogP contribution in [-0.4, -0.2) is 18.6 Å². The maximum atomic E-state index is 4.50. The number of rotatable bonds is 17. The molecule has 4 unspecified atom stereocenters. The van der Waals surface area contributed by atoms with Gasteiger partial charge in [-0.1, -0.05) is 107 Å². The van der Waals surface area contributed by atoms with Gasteiger partial charge in [0, 0.05) is 17.9 Å². The fourth-order valence-electron chi connectivity index (χ4n) is 7.21. The van der Waals surface area contributed by atoms with E-state index < -0.39 is 0 Å². The summed E-state index contributed by atoms with van der Waals surface area (Å²) < 4.78 is 3.51. The van der Waals surface area contributed by atoms with Gasteiger partial charge in [0.2, 0.25) is 0 Å². The van der Waals surface area contributed by atoms with Gasteiger partial charge in [-0.25, -0.2) is 0 Å². The molecule has 0 amide bonds. The molecule has 0 aliphatic heterocycles. The lowest BCUT2D eigenvalue weighted by molar-refractivity contribution is 0.0400. The molecule has 0 radical (unpaired) electrons.